The second kappa shape index (κ2) is 8.50. The summed E-state index contributed by atoms with van der Waals surface area (Å²) in [5, 5.41) is 10.1. The number of allylic oxidation sites excluding steroid dienone is 1. The Morgan fingerprint density at radius 3 is 2.64 bits per heavy atom. The van der Waals surface area contributed by atoms with E-state index in [1.54, 1.807) is 31.4 Å². The number of carbonyl (C=O) groups is 1. The highest BCUT2D eigenvalue weighted by Crippen LogP contribution is 2.32. The Bertz CT molecular complexity index is 961. The molecule has 2 aromatic carbocycles. The van der Waals surface area contributed by atoms with Gasteiger partial charge in [0.2, 0.25) is 0 Å². The van der Waals surface area contributed by atoms with Crippen molar-refractivity contribution in [3.63, 3.8) is 0 Å². The number of thiocarbonyl (C=S) groups is 1. The molecule has 3 rings (SSSR count). The van der Waals surface area contributed by atoms with Gasteiger partial charge in [-0.15, -0.1) is 0 Å². The van der Waals surface area contributed by atoms with Gasteiger partial charge in [0, 0.05) is 16.8 Å². The van der Waals surface area contributed by atoms with Crippen LogP contribution >= 0.6 is 23.8 Å². The highest BCUT2D eigenvalue weighted by molar-refractivity contribution is 7.80. The molecule has 1 atom stereocenters. The molecule has 0 saturated heterocycles. The Morgan fingerprint density at radius 2 is 1.96 bits per heavy atom. The summed E-state index contributed by atoms with van der Waals surface area (Å²) in [6.07, 6.45) is 0. The zero-order chi connectivity index (χ0) is 20.3. The first kappa shape index (κ1) is 20.0. The summed E-state index contributed by atoms with van der Waals surface area (Å²) < 4.78 is 10.6. The molecule has 0 aliphatic carbocycles. The first-order valence-corrected chi connectivity index (χ1v) is 9.28. The number of hydrogen-bond acceptors (Lipinski definition) is 4. The average molecular weight is 418 g/mol. The van der Waals surface area contributed by atoms with E-state index in [1.807, 2.05) is 25.1 Å². The maximum Gasteiger partial charge on any atom is 0.255 e. The van der Waals surface area contributed by atoms with Gasteiger partial charge in [0.05, 0.1) is 31.5 Å². The van der Waals surface area contributed by atoms with Gasteiger partial charge in [-0.05, 0) is 49.0 Å². The molecule has 0 spiro atoms. The number of anilines is 1. The smallest absolute Gasteiger partial charge is 0.255 e. The van der Waals surface area contributed by atoms with Crippen molar-refractivity contribution in [3.05, 3.63) is 64.3 Å². The minimum atomic E-state index is -0.434. The molecule has 28 heavy (non-hydrogen) atoms. The predicted octanol–water partition coefficient (Wildman–Crippen LogP) is 3.79. The van der Waals surface area contributed by atoms with Gasteiger partial charge < -0.3 is 25.4 Å². The van der Waals surface area contributed by atoms with Crippen LogP contribution in [-0.2, 0) is 4.79 Å². The number of nitrogens with one attached hydrogen (secondary N) is 3. The van der Waals surface area contributed by atoms with Gasteiger partial charge in [-0.2, -0.15) is 0 Å². The van der Waals surface area contributed by atoms with Gasteiger partial charge >= 0.3 is 0 Å². The van der Waals surface area contributed by atoms with E-state index < -0.39 is 6.04 Å². The van der Waals surface area contributed by atoms with Crippen LogP contribution in [0.2, 0.25) is 5.02 Å². The lowest BCUT2D eigenvalue weighted by Crippen LogP contribution is -2.45. The summed E-state index contributed by atoms with van der Waals surface area (Å²) in [4.78, 5) is 13.2. The maximum atomic E-state index is 13.2. The summed E-state index contributed by atoms with van der Waals surface area (Å²) in [5.74, 6) is 0.847. The Labute approximate surface area is 173 Å². The molecule has 0 unspecified atom stereocenters. The summed E-state index contributed by atoms with van der Waals surface area (Å²) in [7, 11) is 3.10. The van der Waals surface area contributed by atoms with Gasteiger partial charge in [-0.1, -0.05) is 23.7 Å². The highest BCUT2D eigenvalue weighted by atomic mass is 35.5. The maximum absolute atomic E-state index is 13.2. The number of rotatable bonds is 5. The van der Waals surface area contributed by atoms with Crippen molar-refractivity contribution < 1.29 is 14.3 Å². The number of methoxy groups -OCH3 is 2. The van der Waals surface area contributed by atoms with E-state index in [9.17, 15) is 4.79 Å². The Kier molecular flexibility index (Phi) is 6.06. The molecule has 3 N–H and O–H groups in total. The van der Waals surface area contributed by atoms with E-state index in [0.29, 0.717) is 38.6 Å². The molecular formula is C20H20ClN3O3S. The van der Waals surface area contributed by atoms with Gasteiger partial charge in [-0.25, -0.2) is 0 Å². The van der Waals surface area contributed by atoms with Crippen LogP contribution < -0.4 is 25.4 Å². The van der Waals surface area contributed by atoms with Crippen LogP contribution in [-0.4, -0.2) is 25.2 Å². The molecule has 8 heteroatoms. The van der Waals surface area contributed by atoms with Crippen LogP contribution in [0.15, 0.2) is 53.7 Å². The average Bonchev–Trinajstić information content (AvgIpc) is 2.67. The fraction of sp³-hybridized carbons (Fsp3) is 0.200. The van der Waals surface area contributed by atoms with Crippen LogP contribution in [0.25, 0.3) is 0 Å². The zero-order valence-electron chi connectivity index (χ0n) is 15.6. The third-order valence-electron chi connectivity index (χ3n) is 4.35. The van der Waals surface area contributed by atoms with Crippen LogP contribution in [0.5, 0.6) is 11.5 Å². The first-order valence-electron chi connectivity index (χ1n) is 8.50. The molecular weight excluding hydrogens is 398 g/mol. The third kappa shape index (κ3) is 4.21. The molecule has 146 valence electrons. The SMILES string of the molecule is COc1ccc(NC(=O)C2=C(C)NC(=S)N[C@H]2c2cccc(Cl)c2)c(OC)c1. The molecule has 0 saturated carbocycles. The monoisotopic (exact) mass is 417 g/mol. The highest BCUT2D eigenvalue weighted by Gasteiger charge is 2.30. The van der Waals surface area contributed by atoms with Crippen molar-refractivity contribution in [1.82, 2.24) is 10.6 Å². The quantitative estimate of drug-likeness (QED) is 0.643. The van der Waals surface area contributed by atoms with E-state index in [-0.39, 0.29) is 5.91 Å². The second-order valence-corrected chi connectivity index (χ2v) is 6.99. The minimum absolute atomic E-state index is 0.284. The van der Waals surface area contributed by atoms with Crippen LogP contribution in [0.1, 0.15) is 18.5 Å². The largest absolute Gasteiger partial charge is 0.497 e. The number of carbonyl (C=O) groups excluding carboxylic acids is 1. The number of halogens is 1. The molecule has 1 amide bonds. The van der Waals surface area contributed by atoms with Crippen molar-refractivity contribution in [1.29, 1.82) is 0 Å². The molecule has 6 nitrogen and oxygen atoms in total. The van der Waals surface area contributed by atoms with E-state index in [2.05, 4.69) is 16.0 Å². The van der Waals surface area contributed by atoms with Crippen molar-refractivity contribution in [3.8, 4) is 11.5 Å². The third-order valence-corrected chi connectivity index (χ3v) is 4.81. The fourth-order valence-electron chi connectivity index (χ4n) is 3.02. The summed E-state index contributed by atoms with van der Waals surface area (Å²) in [6.45, 7) is 1.81. The van der Waals surface area contributed by atoms with Gasteiger partial charge in [0.1, 0.15) is 11.5 Å². The topological polar surface area (TPSA) is 71.6 Å². The van der Waals surface area contributed by atoms with Crippen molar-refractivity contribution >= 4 is 40.5 Å². The molecule has 1 heterocycles. The first-order chi connectivity index (χ1) is 13.4. The lowest BCUT2D eigenvalue weighted by atomic mass is 9.95. The Balaban J connectivity index is 1.96. The van der Waals surface area contributed by atoms with Crippen molar-refractivity contribution in [2.45, 2.75) is 13.0 Å². The van der Waals surface area contributed by atoms with E-state index >= 15 is 0 Å². The summed E-state index contributed by atoms with van der Waals surface area (Å²) >= 11 is 11.4. The summed E-state index contributed by atoms with van der Waals surface area (Å²) in [6, 6.07) is 12.1. The molecule has 2 aromatic rings. The molecule has 0 bridgehead atoms. The molecule has 1 aliphatic rings. The minimum Gasteiger partial charge on any atom is -0.497 e. The second-order valence-electron chi connectivity index (χ2n) is 6.15. The van der Waals surface area contributed by atoms with Gasteiger partial charge in [-0.3, -0.25) is 4.79 Å². The zero-order valence-corrected chi connectivity index (χ0v) is 17.2. The van der Waals surface area contributed by atoms with Crippen LogP contribution in [0.3, 0.4) is 0 Å². The number of hydrogen-bond donors (Lipinski definition) is 3. The fourth-order valence-corrected chi connectivity index (χ4v) is 3.49. The lowest BCUT2D eigenvalue weighted by Gasteiger charge is -2.30. The normalized spacial score (nSPS) is 16.1. The standard InChI is InChI=1S/C20H20ClN3O3S/c1-11-17(18(24-20(28)22-11)12-5-4-6-13(21)9-12)19(25)23-15-8-7-14(26-2)10-16(15)27-3/h4-10,18H,1-3H3,(H,23,25)(H2,22,24,28)/t18-/m0/s1. The number of amides is 1. The van der Waals surface area contributed by atoms with E-state index in [1.165, 1.54) is 7.11 Å². The predicted molar refractivity (Wildman–Crippen MR) is 114 cm³/mol. The van der Waals surface area contributed by atoms with Gasteiger partial charge in [0.25, 0.3) is 5.91 Å². The van der Waals surface area contributed by atoms with Gasteiger partial charge in [0.15, 0.2) is 5.11 Å². The molecule has 1 aliphatic heterocycles. The number of ether oxygens (including phenoxy) is 2. The summed E-state index contributed by atoms with van der Waals surface area (Å²) in [5.41, 5.74) is 2.54. The van der Waals surface area contributed by atoms with E-state index in [0.717, 1.165) is 5.56 Å². The lowest BCUT2D eigenvalue weighted by molar-refractivity contribution is -0.113. The van der Waals surface area contributed by atoms with Crippen molar-refractivity contribution in [2.24, 2.45) is 0 Å². The molecule has 0 fully saturated rings. The van der Waals surface area contributed by atoms with Crippen molar-refractivity contribution in [2.75, 3.05) is 19.5 Å². The van der Waals surface area contributed by atoms with E-state index in [4.69, 9.17) is 33.3 Å². The molecule has 0 radical (unpaired) electrons. The Hall–Kier alpha value is -2.77. The van der Waals surface area contributed by atoms with Crippen LogP contribution in [0, 0.1) is 0 Å². The van der Waals surface area contributed by atoms with Crippen LogP contribution in [0.4, 0.5) is 5.69 Å². The molecule has 0 aromatic heterocycles. The Morgan fingerprint density at radius 1 is 1.18 bits per heavy atom. The number of benzene rings is 2.